The van der Waals surface area contributed by atoms with Gasteiger partial charge < -0.3 is 15.8 Å². The predicted molar refractivity (Wildman–Crippen MR) is 72.1 cm³/mol. The molecule has 0 heterocycles. The van der Waals surface area contributed by atoms with E-state index in [9.17, 15) is 9.59 Å². The van der Waals surface area contributed by atoms with Crippen LogP contribution >= 0.6 is 15.9 Å². The number of hydrogen-bond acceptors (Lipinski definition) is 4. The topological polar surface area (TPSA) is 81.4 Å². The number of nitrogens with two attached hydrogens (primary N) is 1. The molecule has 0 saturated heterocycles. The summed E-state index contributed by atoms with van der Waals surface area (Å²) in [5.74, 6) is -0.643. The van der Waals surface area contributed by atoms with Gasteiger partial charge in [-0.3, -0.25) is 4.79 Å². The highest BCUT2D eigenvalue weighted by atomic mass is 79.9. The number of nitrogens with one attached hydrogen (secondary N) is 1. The molecule has 98 valence electrons. The molecule has 1 aromatic rings. The van der Waals surface area contributed by atoms with Crippen LogP contribution in [-0.4, -0.2) is 25.0 Å². The Hall–Kier alpha value is -1.56. The maximum Gasteiger partial charge on any atom is 0.339 e. The summed E-state index contributed by atoms with van der Waals surface area (Å²) in [5, 5.41) is 2.62. The number of hydrogen-bond donors (Lipinski definition) is 2. The maximum atomic E-state index is 11.7. The van der Waals surface area contributed by atoms with E-state index in [1.165, 1.54) is 6.07 Å². The van der Waals surface area contributed by atoms with Gasteiger partial charge in [0, 0.05) is 16.7 Å². The number of rotatable bonds is 5. The monoisotopic (exact) mass is 314 g/mol. The molecule has 1 amide bonds. The van der Waals surface area contributed by atoms with Crippen molar-refractivity contribution in [2.75, 3.05) is 18.9 Å². The summed E-state index contributed by atoms with van der Waals surface area (Å²) in [7, 11) is 0. The van der Waals surface area contributed by atoms with E-state index in [1.54, 1.807) is 12.1 Å². The molecule has 0 aliphatic carbocycles. The Labute approximate surface area is 114 Å². The normalized spacial score (nSPS) is 9.89. The lowest BCUT2D eigenvalue weighted by atomic mass is 10.2. The molecule has 1 aromatic carbocycles. The molecule has 0 atom stereocenters. The van der Waals surface area contributed by atoms with E-state index in [1.807, 2.05) is 6.92 Å². The maximum absolute atomic E-state index is 11.7. The zero-order chi connectivity index (χ0) is 13.5. The van der Waals surface area contributed by atoms with Gasteiger partial charge in [-0.15, -0.1) is 0 Å². The fourth-order valence-electron chi connectivity index (χ4n) is 1.30. The lowest BCUT2D eigenvalue weighted by molar-refractivity contribution is -0.121. The van der Waals surface area contributed by atoms with Gasteiger partial charge in [0.1, 0.15) is 6.61 Å². The standard InChI is InChI=1S/C12H15BrN2O3/c1-2-15-11(16)5-6-18-12(17)9-7-8(14)3-4-10(9)13/h3-4,7H,2,5-6,14H2,1H3,(H,15,16). The number of halogens is 1. The van der Waals surface area contributed by atoms with Crippen LogP contribution < -0.4 is 11.1 Å². The number of carbonyl (C=O) groups is 2. The molecule has 0 fully saturated rings. The summed E-state index contributed by atoms with van der Waals surface area (Å²) in [5.41, 5.74) is 6.42. The predicted octanol–water partition coefficient (Wildman–Crippen LogP) is 1.71. The quantitative estimate of drug-likeness (QED) is 0.640. The average Bonchev–Trinajstić information content (AvgIpc) is 2.32. The Balaban J connectivity index is 2.50. The molecular formula is C12H15BrN2O3. The van der Waals surface area contributed by atoms with Gasteiger partial charge in [0.2, 0.25) is 5.91 Å². The van der Waals surface area contributed by atoms with Crippen molar-refractivity contribution in [2.24, 2.45) is 0 Å². The molecule has 0 aliphatic rings. The Morgan fingerprint density at radius 2 is 2.17 bits per heavy atom. The van der Waals surface area contributed by atoms with E-state index in [0.717, 1.165) is 0 Å². The highest BCUT2D eigenvalue weighted by Gasteiger charge is 2.12. The van der Waals surface area contributed by atoms with Crippen molar-refractivity contribution in [1.82, 2.24) is 5.32 Å². The van der Waals surface area contributed by atoms with Crippen LogP contribution in [0.15, 0.2) is 22.7 Å². The largest absolute Gasteiger partial charge is 0.462 e. The second-order valence-electron chi connectivity index (χ2n) is 3.58. The van der Waals surface area contributed by atoms with Crippen molar-refractivity contribution in [2.45, 2.75) is 13.3 Å². The van der Waals surface area contributed by atoms with Gasteiger partial charge in [-0.05, 0) is 41.1 Å². The second-order valence-corrected chi connectivity index (χ2v) is 4.43. The molecule has 3 N–H and O–H groups in total. The van der Waals surface area contributed by atoms with Gasteiger partial charge in [-0.2, -0.15) is 0 Å². The van der Waals surface area contributed by atoms with Gasteiger partial charge in [0.15, 0.2) is 0 Å². The molecule has 1 rings (SSSR count). The molecule has 5 nitrogen and oxygen atoms in total. The smallest absolute Gasteiger partial charge is 0.339 e. The van der Waals surface area contributed by atoms with Crippen LogP contribution in [0.1, 0.15) is 23.7 Å². The highest BCUT2D eigenvalue weighted by molar-refractivity contribution is 9.10. The first-order chi connectivity index (χ1) is 8.54. The summed E-state index contributed by atoms with van der Waals surface area (Å²) >= 11 is 3.24. The molecule has 0 radical (unpaired) electrons. The third kappa shape index (κ3) is 4.37. The van der Waals surface area contributed by atoms with Crippen molar-refractivity contribution in [3.63, 3.8) is 0 Å². The number of nitrogen functional groups attached to an aromatic ring is 1. The van der Waals surface area contributed by atoms with E-state index >= 15 is 0 Å². The van der Waals surface area contributed by atoms with Gasteiger partial charge >= 0.3 is 5.97 Å². The zero-order valence-electron chi connectivity index (χ0n) is 10.0. The van der Waals surface area contributed by atoms with Crippen LogP contribution in [0.5, 0.6) is 0 Å². The van der Waals surface area contributed by atoms with Crippen molar-refractivity contribution >= 4 is 33.5 Å². The number of anilines is 1. The van der Waals surface area contributed by atoms with Crippen molar-refractivity contribution in [3.05, 3.63) is 28.2 Å². The van der Waals surface area contributed by atoms with Gasteiger partial charge in [-0.25, -0.2) is 4.79 Å². The van der Waals surface area contributed by atoms with Crippen molar-refractivity contribution in [1.29, 1.82) is 0 Å². The molecule has 0 saturated carbocycles. The van der Waals surface area contributed by atoms with Crippen molar-refractivity contribution < 1.29 is 14.3 Å². The number of ether oxygens (including phenoxy) is 1. The van der Waals surface area contributed by atoms with Gasteiger partial charge in [0.25, 0.3) is 0 Å². The Bertz CT molecular complexity index is 449. The van der Waals surface area contributed by atoms with Crippen LogP contribution in [0.25, 0.3) is 0 Å². The van der Waals surface area contributed by atoms with Crippen LogP contribution in [0.2, 0.25) is 0 Å². The SMILES string of the molecule is CCNC(=O)CCOC(=O)c1cc(N)ccc1Br. The minimum Gasteiger partial charge on any atom is -0.462 e. The molecule has 6 heteroatoms. The average molecular weight is 315 g/mol. The Morgan fingerprint density at radius 1 is 1.44 bits per heavy atom. The minimum absolute atomic E-state index is 0.0475. The summed E-state index contributed by atoms with van der Waals surface area (Å²) < 4.78 is 5.61. The first kappa shape index (κ1) is 14.5. The van der Waals surface area contributed by atoms with Gasteiger partial charge in [0.05, 0.1) is 12.0 Å². The molecular weight excluding hydrogens is 300 g/mol. The first-order valence-electron chi connectivity index (χ1n) is 5.53. The number of carbonyl (C=O) groups excluding carboxylic acids is 2. The van der Waals surface area contributed by atoms with E-state index in [2.05, 4.69) is 21.2 Å². The fraction of sp³-hybridized carbons (Fsp3) is 0.333. The summed E-state index contributed by atoms with van der Waals surface area (Å²) in [4.78, 5) is 22.9. The fourth-order valence-corrected chi connectivity index (χ4v) is 1.71. The van der Waals surface area contributed by atoms with Crippen LogP contribution in [0, 0.1) is 0 Å². The molecule has 0 bridgehead atoms. The molecule has 0 aliphatic heterocycles. The van der Waals surface area contributed by atoms with E-state index in [4.69, 9.17) is 10.5 Å². The summed E-state index contributed by atoms with van der Waals surface area (Å²) in [6, 6.07) is 4.88. The second kappa shape index (κ2) is 7.00. The third-order valence-electron chi connectivity index (χ3n) is 2.15. The van der Waals surface area contributed by atoms with Crippen molar-refractivity contribution in [3.8, 4) is 0 Å². The minimum atomic E-state index is -0.501. The third-order valence-corrected chi connectivity index (χ3v) is 2.84. The zero-order valence-corrected chi connectivity index (χ0v) is 11.6. The summed E-state index contributed by atoms with van der Waals surface area (Å²) in [6.07, 6.45) is 0.152. The lowest BCUT2D eigenvalue weighted by Gasteiger charge is -2.07. The number of esters is 1. The van der Waals surface area contributed by atoms with Crippen LogP contribution in [0.3, 0.4) is 0 Å². The number of amides is 1. The first-order valence-corrected chi connectivity index (χ1v) is 6.32. The Kier molecular flexibility index (Phi) is 5.64. The highest BCUT2D eigenvalue weighted by Crippen LogP contribution is 2.20. The summed E-state index contributed by atoms with van der Waals surface area (Å²) in [6.45, 7) is 2.44. The molecule has 0 spiro atoms. The number of benzene rings is 1. The van der Waals surface area contributed by atoms with E-state index in [0.29, 0.717) is 22.3 Å². The van der Waals surface area contributed by atoms with Crippen LogP contribution in [0.4, 0.5) is 5.69 Å². The lowest BCUT2D eigenvalue weighted by Crippen LogP contribution is -2.24. The van der Waals surface area contributed by atoms with Gasteiger partial charge in [-0.1, -0.05) is 0 Å². The van der Waals surface area contributed by atoms with Crippen LogP contribution in [-0.2, 0) is 9.53 Å². The van der Waals surface area contributed by atoms with E-state index in [-0.39, 0.29) is 18.9 Å². The van der Waals surface area contributed by atoms with E-state index < -0.39 is 5.97 Å². The molecule has 0 unspecified atom stereocenters. The molecule has 18 heavy (non-hydrogen) atoms. The molecule has 0 aromatic heterocycles. The Morgan fingerprint density at radius 3 is 2.83 bits per heavy atom.